The fourth-order valence-corrected chi connectivity index (χ4v) is 4.89. The largest absolute Gasteiger partial charge is 0.102 e. The molecule has 0 saturated carbocycles. The minimum Gasteiger partial charge on any atom is -0.0620 e. The van der Waals surface area contributed by atoms with Crippen LogP contribution in [0, 0.1) is 0 Å². The van der Waals surface area contributed by atoms with Crippen molar-refractivity contribution in [1.82, 2.24) is 0 Å². The summed E-state index contributed by atoms with van der Waals surface area (Å²) in [4.78, 5) is 0. The SMILES string of the molecule is [Ni].c1ccc([PH+](c2ccccc2)c2ccccc2)cc1. The number of rotatable bonds is 3. The second-order valence-corrected chi connectivity index (χ2v) is 6.96. The molecule has 0 aliphatic carbocycles. The van der Waals surface area contributed by atoms with E-state index in [1.54, 1.807) is 0 Å². The molecule has 102 valence electrons. The van der Waals surface area contributed by atoms with Gasteiger partial charge < -0.3 is 0 Å². The van der Waals surface area contributed by atoms with Crippen LogP contribution in [0.15, 0.2) is 91.0 Å². The Balaban J connectivity index is 0.00000147. The van der Waals surface area contributed by atoms with Crippen LogP contribution in [0.5, 0.6) is 0 Å². The molecule has 20 heavy (non-hydrogen) atoms. The molecule has 0 bridgehead atoms. The molecular weight excluding hydrogens is 306 g/mol. The normalized spacial score (nSPS) is 10.1. The molecule has 3 rings (SSSR count). The third-order valence-electron chi connectivity index (χ3n) is 3.19. The molecule has 0 aliphatic rings. The third-order valence-corrected chi connectivity index (χ3v) is 5.92. The first-order valence-corrected chi connectivity index (χ1v) is 7.98. The monoisotopic (exact) mass is 321 g/mol. The average Bonchev–Trinajstić information content (AvgIpc) is 2.51. The molecule has 0 atom stereocenters. The van der Waals surface area contributed by atoms with Gasteiger partial charge in [-0.3, -0.25) is 0 Å². The summed E-state index contributed by atoms with van der Waals surface area (Å²) in [5, 5.41) is 4.31. The van der Waals surface area contributed by atoms with Crippen LogP contribution in [0.1, 0.15) is 0 Å². The molecule has 2 heteroatoms. The zero-order chi connectivity index (χ0) is 12.9. The molecule has 3 aromatic carbocycles. The number of hydrogen-bond donors (Lipinski definition) is 0. The molecule has 0 N–H and O–H groups in total. The van der Waals surface area contributed by atoms with Crippen LogP contribution in [0.4, 0.5) is 0 Å². The summed E-state index contributed by atoms with van der Waals surface area (Å²) in [6.45, 7) is 0. The van der Waals surface area contributed by atoms with Gasteiger partial charge in [0.15, 0.2) is 0 Å². The topological polar surface area (TPSA) is 0 Å². The van der Waals surface area contributed by atoms with Crippen LogP contribution in [-0.4, -0.2) is 0 Å². The Morgan fingerprint density at radius 1 is 0.400 bits per heavy atom. The van der Waals surface area contributed by atoms with Crippen LogP contribution in [0.25, 0.3) is 0 Å². The van der Waals surface area contributed by atoms with Gasteiger partial charge in [0.25, 0.3) is 0 Å². The fourth-order valence-electron chi connectivity index (χ4n) is 2.31. The molecule has 0 aliphatic heterocycles. The molecule has 0 aromatic heterocycles. The van der Waals surface area contributed by atoms with Gasteiger partial charge in [-0.15, -0.1) is 0 Å². The van der Waals surface area contributed by atoms with Crippen molar-refractivity contribution in [3.63, 3.8) is 0 Å². The van der Waals surface area contributed by atoms with Crippen molar-refractivity contribution in [3.05, 3.63) is 91.0 Å². The molecule has 0 radical (unpaired) electrons. The fraction of sp³-hybridized carbons (Fsp3) is 0. The van der Waals surface area contributed by atoms with Crippen molar-refractivity contribution in [1.29, 1.82) is 0 Å². The summed E-state index contributed by atoms with van der Waals surface area (Å²) in [7, 11) is -0.877. The van der Waals surface area contributed by atoms with Crippen LogP contribution in [-0.2, 0) is 16.5 Å². The van der Waals surface area contributed by atoms with Crippen molar-refractivity contribution in [2.24, 2.45) is 0 Å². The smallest absolute Gasteiger partial charge is 0.0620 e. The van der Waals surface area contributed by atoms with E-state index in [9.17, 15) is 0 Å². The van der Waals surface area contributed by atoms with Crippen molar-refractivity contribution >= 4 is 23.8 Å². The summed E-state index contributed by atoms with van der Waals surface area (Å²) in [5.41, 5.74) is 0. The quantitative estimate of drug-likeness (QED) is 0.513. The number of hydrogen-bond acceptors (Lipinski definition) is 0. The Hall–Kier alpha value is -1.42. The molecule has 0 heterocycles. The third kappa shape index (κ3) is 3.37. The van der Waals surface area contributed by atoms with Crippen molar-refractivity contribution < 1.29 is 16.5 Å². The van der Waals surface area contributed by atoms with E-state index in [4.69, 9.17) is 0 Å². The zero-order valence-electron chi connectivity index (χ0n) is 11.0. The molecule has 3 aromatic rings. The van der Waals surface area contributed by atoms with Gasteiger partial charge in [0.05, 0.1) is 7.92 Å². The predicted octanol–water partition coefficient (Wildman–Crippen LogP) is 3.17. The van der Waals surface area contributed by atoms with E-state index in [1.165, 1.54) is 15.9 Å². The second kappa shape index (κ2) is 7.39. The van der Waals surface area contributed by atoms with Gasteiger partial charge in [0.1, 0.15) is 15.9 Å². The summed E-state index contributed by atoms with van der Waals surface area (Å²) in [6.07, 6.45) is 0. The van der Waals surface area contributed by atoms with E-state index < -0.39 is 7.92 Å². The maximum atomic E-state index is 2.24. The van der Waals surface area contributed by atoms with Gasteiger partial charge in [-0.25, -0.2) is 0 Å². The molecule has 0 unspecified atom stereocenters. The van der Waals surface area contributed by atoms with Gasteiger partial charge in [0, 0.05) is 16.5 Å². The van der Waals surface area contributed by atoms with Crippen LogP contribution in [0.3, 0.4) is 0 Å². The molecule has 0 nitrogen and oxygen atoms in total. The van der Waals surface area contributed by atoms with Crippen LogP contribution in [0.2, 0.25) is 0 Å². The van der Waals surface area contributed by atoms with Gasteiger partial charge in [-0.2, -0.15) is 0 Å². The van der Waals surface area contributed by atoms with E-state index in [1.807, 2.05) is 0 Å². The number of benzene rings is 3. The van der Waals surface area contributed by atoms with Gasteiger partial charge in [0.2, 0.25) is 0 Å². The average molecular weight is 322 g/mol. The Kier molecular flexibility index (Phi) is 5.53. The van der Waals surface area contributed by atoms with Gasteiger partial charge in [-0.1, -0.05) is 54.6 Å². The van der Waals surface area contributed by atoms with Crippen LogP contribution >= 0.6 is 7.92 Å². The molecule has 0 saturated heterocycles. The van der Waals surface area contributed by atoms with E-state index in [0.29, 0.717) is 0 Å². The standard InChI is InChI=1S/C18H15P.Ni/c1-4-10-16(11-5-1)19(17-12-6-2-7-13-17)18-14-8-3-9-15-18;/h1-15H;/p+1. The summed E-state index contributed by atoms with van der Waals surface area (Å²) in [5.74, 6) is 0. The van der Waals surface area contributed by atoms with Gasteiger partial charge >= 0.3 is 0 Å². The van der Waals surface area contributed by atoms with Crippen molar-refractivity contribution in [2.45, 2.75) is 0 Å². The summed E-state index contributed by atoms with van der Waals surface area (Å²) < 4.78 is 0. The van der Waals surface area contributed by atoms with Crippen LogP contribution < -0.4 is 15.9 Å². The summed E-state index contributed by atoms with van der Waals surface area (Å²) in [6, 6.07) is 32.5. The van der Waals surface area contributed by atoms with E-state index in [0.717, 1.165) is 0 Å². The Labute approximate surface area is 131 Å². The Morgan fingerprint density at radius 3 is 0.900 bits per heavy atom. The minimum atomic E-state index is -0.877. The second-order valence-electron chi connectivity index (χ2n) is 4.47. The Bertz CT molecular complexity index is 529. The van der Waals surface area contributed by atoms with Crippen molar-refractivity contribution in [2.75, 3.05) is 0 Å². The molecular formula is C18H16NiP+. The van der Waals surface area contributed by atoms with Crippen molar-refractivity contribution in [3.8, 4) is 0 Å². The first-order valence-electron chi connectivity index (χ1n) is 6.48. The van der Waals surface area contributed by atoms with E-state index in [2.05, 4.69) is 91.0 Å². The maximum Gasteiger partial charge on any atom is 0.102 e. The first-order chi connectivity index (χ1) is 9.45. The molecule has 0 fully saturated rings. The molecule has 0 spiro atoms. The summed E-state index contributed by atoms with van der Waals surface area (Å²) >= 11 is 0. The van der Waals surface area contributed by atoms with E-state index in [-0.39, 0.29) is 16.5 Å². The minimum absolute atomic E-state index is 0. The Morgan fingerprint density at radius 2 is 0.650 bits per heavy atom. The van der Waals surface area contributed by atoms with Gasteiger partial charge in [-0.05, 0) is 36.4 Å². The first kappa shape index (κ1) is 15.0. The predicted molar refractivity (Wildman–Crippen MR) is 86.5 cm³/mol. The molecule has 0 amide bonds. The zero-order valence-corrected chi connectivity index (χ0v) is 13.0. The maximum absolute atomic E-state index is 2.24. The van der Waals surface area contributed by atoms with E-state index >= 15 is 0 Å².